The van der Waals surface area contributed by atoms with Gasteiger partial charge < -0.3 is 9.63 Å². The zero-order valence-corrected chi connectivity index (χ0v) is 12.3. The standard InChI is InChI=1S/C14H18ClN3O2/c1-10(19)7-8-18(2)9-13-16-14(17-20-13)11-3-5-12(15)6-4-11/h3-6,10,19H,7-9H2,1-2H3. The molecule has 2 aromatic rings. The highest BCUT2D eigenvalue weighted by Gasteiger charge is 2.11. The minimum Gasteiger partial charge on any atom is -0.393 e. The van der Waals surface area contributed by atoms with Crippen LogP contribution < -0.4 is 0 Å². The highest BCUT2D eigenvalue weighted by atomic mass is 35.5. The molecule has 0 amide bonds. The number of aliphatic hydroxyl groups excluding tert-OH is 1. The molecule has 0 fully saturated rings. The Morgan fingerprint density at radius 1 is 1.35 bits per heavy atom. The molecule has 1 atom stereocenters. The van der Waals surface area contributed by atoms with Crippen LogP contribution in [0.3, 0.4) is 0 Å². The van der Waals surface area contributed by atoms with Crippen molar-refractivity contribution in [1.82, 2.24) is 15.0 Å². The van der Waals surface area contributed by atoms with E-state index in [1.165, 1.54) is 0 Å². The second-order valence-corrected chi connectivity index (χ2v) is 5.33. The Morgan fingerprint density at radius 3 is 2.70 bits per heavy atom. The van der Waals surface area contributed by atoms with E-state index in [2.05, 4.69) is 10.1 Å². The summed E-state index contributed by atoms with van der Waals surface area (Å²) in [5.41, 5.74) is 0.871. The normalized spacial score (nSPS) is 12.8. The third-order valence-electron chi connectivity index (χ3n) is 2.90. The zero-order valence-electron chi connectivity index (χ0n) is 11.6. The lowest BCUT2D eigenvalue weighted by molar-refractivity contribution is 0.158. The van der Waals surface area contributed by atoms with Gasteiger partial charge in [0.1, 0.15) is 0 Å². The molecule has 0 bridgehead atoms. The second-order valence-electron chi connectivity index (χ2n) is 4.89. The van der Waals surface area contributed by atoms with E-state index in [0.717, 1.165) is 12.1 Å². The second kappa shape index (κ2) is 6.83. The molecule has 0 aliphatic carbocycles. The van der Waals surface area contributed by atoms with Gasteiger partial charge in [-0.3, -0.25) is 4.90 Å². The molecule has 1 heterocycles. The van der Waals surface area contributed by atoms with Gasteiger partial charge in [0.2, 0.25) is 11.7 Å². The highest BCUT2D eigenvalue weighted by molar-refractivity contribution is 6.30. The molecular weight excluding hydrogens is 278 g/mol. The first-order chi connectivity index (χ1) is 9.54. The number of benzene rings is 1. The molecule has 1 aromatic heterocycles. The average Bonchev–Trinajstić information content (AvgIpc) is 2.85. The van der Waals surface area contributed by atoms with Gasteiger partial charge in [0.05, 0.1) is 12.6 Å². The number of nitrogens with zero attached hydrogens (tertiary/aromatic N) is 3. The van der Waals surface area contributed by atoms with Crippen molar-refractivity contribution in [3.8, 4) is 11.4 Å². The summed E-state index contributed by atoms with van der Waals surface area (Å²) < 4.78 is 5.23. The van der Waals surface area contributed by atoms with Crippen LogP contribution in [0.4, 0.5) is 0 Å². The van der Waals surface area contributed by atoms with Crippen molar-refractivity contribution < 1.29 is 9.63 Å². The Kier molecular flexibility index (Phi) is 5.11. The molecule has 1 N–H and O–H groups in total. The minimum atomic E-state index is -0.301. The highest BCUT2D eigenvalue weighted by Crippen LogP contribution is 2.18. The van der Waals surface area contributed by atoms with Crippen LogP contribution >= 0.6 is 11.6 Å². The van der Waals surface area contributed by atoms with Crippen LogP contribution in [-0.4, -0.2) is 39.8 Å². The van der Waals surface area contributed by atoms with Gasteiger partial charge in [0.15, 0.2) is 0 Å². The van der Waals surface area contributed by atoms with Gasteiger partial charge in [-0.05, 0) is 44.7 Å². The first kappa shape index (κ1) is 15.0. The van der Waals surface area contributed by atoms with Crippen LogP contribution in [0, 0.1) is 0 Å². The van der Waals surface area contributed by atoms with Gasteiger partial charge >= 0.3 is 0 Å². The fourth-order valence-corrected chi connectivity index (χ4v) is 1.88. The Hall–Kier alpha value is -1.43. The SMILES string of the molecule is CC(O)CCN(C)Cc1nc(-c2ccc(Cl)cc2)no1. The molecule has 0 spiro atoms. The summed E-state index contributed by atoms with van der Waals surface area (Å²) in [4.78, 5) is 6.39. The molecule has 6 heteroatoms. The van der Waals surface area contributed by atoms with Gasteiger partial charge in [-0.2, -0.15) is 4.98 Å². The van der Waals surface area contributed by atoms with E-state index in [1.54, 1.807) is 19.1 Å². The van der Waals surface area contributed by atoms with Crippen LogP contribution in [0.5, 0.6) is 0 Å². The summed E-state index contributed by atoms with van der Waals surface area (Å²) >= 11 is 5.84. The molecule has 0 saturated heterocycles. The van der Waals surface area contributed by atoms with Crippen LogP contribution in [0.25, 0.3) is 11.4 Å². The molecule has 0 aliphatic heterocycles. The number of aromatic nitrogens is 2. The number of aliphatic hydroxyl groups is 1. The number of hydrogen-bond acceptors (Lipinski definition) is 5. The largest absolute Gasteiger partial charge is 0.393 e. The predicted molar refractivity (Wildman–Crippen MR) is 77.4 cm³/mol. The van der Waals surface area contributed by atoms with Gasteiger partial charge in [-0.25, -0.2) is 0 Å². The molecule has 1 unspecified atom stereocenters. The quantitative estimate of drug-likeness (QED) is 0.887. The summed E-state index contributed by atoms with van der Waals surface area (Å²) in [6.45, 7) is 3.11. The summed E-state index contributed by atoms with van der Waals surface area (Å²) in [5.74, 6) is 1.11. The van der Waals surface area contributed by atoms with Crippen molar-refractivity contribution in [3.63, 3.8) is 0 Å². The predicted octanol–water partition coefficient (Wildman–Crippen LogP) is 2.59. The minimum absolute atomic E-state index is 0.301. The van der Waals surface area contributed by atoms with E-state index in [4.69, 9.17) is 16.1 Å². The molecule has 2 rings (SSSR count). The van der Waals surface area contributed by atoms with Crippen LogP contribution in [0.15, 0.2) is 28.8 Å². The van der Waals surface area contributed by atoms with E-state index < -0.39 is 0 Å². The van der Waals surface area contributed by atoms with Gasteiger partial charge in [-0.1, -0.05) is 16.8 Å². The van der Waals surface area contributed by atoms with Crippen molar-refractivity contribution in [2.75, 3.05) is 13.6 Å². The average molecular weight is 296 g/mol. The van der Waals surface area contributed by atoms with Crippen molar-refractivity contribution in [3.05, 3.63) is 35.2 Å². The molecular formula is C14H18ClN3O2. The van der Waals surface area contributed by atoms with E-state index in [9.17, 15) is 5.11 Å². The fourth-order valence-electron chi connectivity index (χ4n) is 1.75. The monoisotopic (exact) mass is 295 g/mol. The Labute approximate surface area is 123 Å². The van der Waals surface area contributed by atoms with Crippen LogP contribution in [0.1, 0.15) is 19.2 Å². The number of halogens is 1. The lowest BCUT2D eigenvalue weighted by Crippen LogP contribution is -2.22. The Balaban J connectivity index is 1.96. The third kappa shape index (κ3) is 4.30. The van der Waals surface area contributed by atoms with E-state index in [0.29, 0.717) is 29.7 Å². The molecule has 20 heavy (non-hydrogen) atoms. The first-order valence-corrected chi connectivity index (χ1v) is 6.87. The van der Waals surface area contributed by atoms with Crippen LogP contribution in [0.2, 0.25) is 5.02 Å². The lowest BCUT2D eigenvalue weighted by Gasteiger charge is -2.14. The molecule has 108 valence electrons. The molecule has 0 saturated carbocycles. The van der Waals surface area contributed by atoms with Crippen molar-refractivity contribution in [2.24, 2.45) is 0 Å². The topological polar surface area (TPSA) is 62.4 Å². The van der Waals surface area contributed by atoms with E-state index in [-0.39, 0.29) is 6.10 Å². The van der Waals surface area contributed by atoms with Crippen molar-refractivity contribution >= 4 is 11.6 Å². The number of hydrogen-bond donors (Lipinski definition) is 1. The van der Waals surface area contributed by atoms with E-state index in [1.807, 2.05) is 24.1 Å². The number of rotatable bonds is 6. The lowest BCUT2D eigenvalue weighted by atomic mass is 10.2. The Morgan fingerprint density at radius 2 is 2.05 bits per heavy atom. The smallest absolute Gasteiger partial charge is 0.241 e. The van der Waals surface area contributed by atoms with Crippen molar-refractivity contribution in [1.29, 1.82) is 0 Å². The molecule has 0 aliphatic rings. The van der Waals surface area contributed by atoms with Crippen molar-refractivity contribution in [2.45, 2.75) is 26.0 Å². The fraction of sp³-hybridized carbons (Fsp3) is 0.429. The Bertz CT molecular complexity index is 540. The molecule has 1 aromatic carbocycles. The van der Waals surface area contributed by atoms with Gasteiger partial charge in [0.25, 0.3) is 0 Å². The maximum absolute atomic E-state index is 9.25. The van der Waals surface area contributed by atoms with Gasteiger partial charge in [0, 0.05) is 17.1 Å². The van der Waals surface area contributed by atoms with Gasteiger partial charge in [-0.15, -0.1) is 0 Å². The first-order valence-electron chi connectivity index (χ1n) is 6.49. The molecule has 0 radical (unpaired) electrons. The van der Waals surface area contributed by atoms with E-state index >= 15 is 0 Å². The zero-order chi connectivity index (χ0) is 14.5. The summed E-state index contributed by atoms with van der Waals surface area (Å²) in [6.07, 6.45) is 0.416. The van der Waals surface area contributed by atoms with Crippen LogP contribution in [-0.2, 0) is 6.54 Å². The summed E-state index contributed by atoms with van der Waals surface area (Å²) in [5, 5.41) is 13.9. The third-order valence-corrected chi connectivity index (χ3v) is 3.16. The summed E-state index contributed by atoms with van der Waals surface area (Å²) in [6, 6.07) is 7.30. The molecule has 5 nitrogen and oxygen atoms in total. The maximum atomic E-state index is 9.25. The summed E-state index contributed by atoms with van der Waals surface area (Å²) in [7, 11) is 1.95. The maximum Gasteiger partial charge on any atom is 0.241 e.